The Morgan fingerprint density at radius 3 is 1.76 bits per heavy atom. The summed E-state index contributed by atoms with van der Waals surface area (Å²) in [6.45, 7) is 0.0527. The zero-order valence-corrected chi connectivity index (χ0v) is 38.6. The Hall–Kier alpha value is -7.12. The highest BCUT2D eigenvalue weighted by atomic mass is 32.1. The highest BCUT2D eigenvalue weighted by molar-refractivity contribution is 7.80. The number of fused-ring (bicyclic) bond motifs is 1. The predicted octanol–water partition coefficient (Wildman–Crippen LogP) is -2.58. The maximum Gasteiger partial charge on any atom is 0.303 e. The zero-order valence-electron chi connectivity index (χ0n) is 36.9. The second-order valence-electron chi connectivity index (χ2n) is 15.7. The van der Waals surface area contributed by atoms with Crippen molar-refractivity contribution in [1.29, 1.82) is 0 Å². The van der Waals surface area contributed by atoms with Gasteiger partial charge < -0.3 is 69.9 Å². The van der Waals surface area contributed by atoms with Crippen LogP contribution >= 0.6 is 25.3 Å². The number of hydrogen-bond donors (Lipinski definition) is 15. The lowest BCUT2D eigenvalue weighted by atomic mass is 10.0. The number of aromatic nitrogens is 3. The van der Waals surface area contributed by atoms with E-state index in [4.69, 9.17) is 22.9 Å². The van der Waals surface area contributed by atoms with Crippen molar-refractivity contribution in [2.24, 2.45) is 27.9 Å². The molecule has 0 spiro atoms. The van der Waals surface area contributed by atoms with Crippen molar-refractivity contribution in [1.82, 2.24) is 46.9 Å². The van der Waals surface area contributed by atoms with Crippen LogP contribution in [0.15, 0.2) is 78.3 Å². The predicted molar refractivity (Wildman–Crippen MR) is 258 cm³/mol. The number of primary amides is 1. The Balaban J connectivity index is 1.66. The van der Waals surface area contributed by atoms with Crippen molar-refractivity contribution in [3.8, 4) is 0 Å². The molecule has 0 saturated heterocycles. The van der Waals surface area contributed by atoms with Crippen LogP contribution in [0.5, 0.6) is 0 Å². The molecule has 4 rings (SSSR count). The molecule has 0 radical (unpaired) electrons. The largest absolute Gasteiger partial charge is 0.481 e. The van der Waals surface area contributed by atoms with E-state index in [1.807, 2.05) is 18.2 Å². The first-order valence-corrected chi connectivity index (χ1v) is 22.7. The first kappa shape index (κ1) is 53.5. The average Bonchev–Trinajstić information content (AvgIpc) is 3.99. The van der Waals surface area contributed by atoms with Crippen LogP contribution in [0.25, 0.3) is 10.9 Å². The molecule has 2 aromatic heterocycles. The van der Waals surface area contributed by atoms with Crippen LogP contribution in [0.3, 0.4) is 0 Å². The van der Waals surface area contributed by atoms with E-state index >= 15 is 0 Å². The third kappa shape index (κ3) is 16.9. The van der Waals surface area contributed by atoms with Gasteiger partial charge in [-0.05, 0) is 36.5 Å². The number of carboxylic acids is 1. The third-order valence-corrected chi connectivity index (χ3v) is 11.3. The summed E-state index contributed by atoms with van der Waals surface area (Å²) in [4.78, 5) is 121. The highest BCUT2D eigenvalue weighted by Gasteiger charge is 2.34. The summed E-state index contributed by atoms with van der Waals surface area (Å²) in [5.41, 5.74) is 24.8. The summed E-state index contributed by atoms with van der Waals surface area (Å²) >= 11 is 8.15. The summed E-state index contributed by atoms with van der Waals surface area (Å²) in [6.07, 6.45) is 3.25. The van der Waals surface area contributed by atoms with Gasteiger partial charge in [0.1, 0.15) is 36.3 Å². The van der Waals surface area contributed by atoms with Crippen LogP contribution in [-0.2, 0) is 57.6 Å². The number of aliphatic imine (C=N–C) groups is 1. The molecule has 0 bridgehead atoms. The van der Waals surface area contributed by atoms with E-state index in [2.05, 4.69) is 77.1 Å². The minimum atomic E-state index is -1.44. The highest BCUT2D eigenvalue weighted by Crippen LogP contribution is 2.20. The topological polar surface area (TPSA) is 390 Å². The lowest BCUT2D eigenvalue weighted by molar-refractivity contribution is -0.138. The van der Waals surface area contributed by atoms with Gasteiger partial charge in [0, 0.05) is 72.7 Å². The van der Waals surface area contributed by atoms with Crippen molar-refractivity contribution in [3.63, 3.8) is 0 Å². The summed E-state index contributed by atoms with van der Waals surface area (Å²) in [5.74, 6) is -7.53. The SMILES string of the molecule is NC(=O)[C@H](CS)NC(=O)[C@H](Cc1c[nH]c2ccccc12)NC(=O)[C@H](CCCN=C(N)N)NC(=O)[C@@H](Cc1ccccc1)NC(=O)[C@H](Cc1cnc[nH]1)NC(=O)[C@H](CCC(=O)O)NC(=O)[C@@H](N)CS. The molecule has 0 saturated carbocycles. The third-order valence-electron chi connectivity index (χ3n) is 10.5. The molecule has 7 amide bonds. The van der Waals surface area contributed by atoms with Crippen LogP contribution in [0.4, 0.5) is 0 Å². The number of nitrogens with two attached hydrogens (primary N) is 4. The van der Waals surface area contributed by atoms with E-state index in [0.717, 1.165) is 10.9 Å². The standard InChI is InChI=1S/C43H58N14O9S2/c44-27(20-67)37(61)52-30(12-13-35(58)59)39(63)56-33(17-25-19-48-22-51-25)42(66)54-31(15-23-7-2-1-3-8-23)40(64)53-29(11-6-14-49-43(46)47)38(62)55-32(41(65)57-34(21-68)36(45)60)16-24-18-50-28-10-5-4-9-26(24)28/h1-5,7-10,18-19,22,27,29-34,50,67-68H,6,11-17,20-21,44H2,(H2,45,60)(H,48,51)(H,52,61)(H,53,64)(H,54,66)(H,55,62)(H,56,63)(H,57,65)(H,58,59)(H4,46,47,49)/t27-,29-,30-,31+,32-,33-,34-/m0/s1. The van der Waals surface area contributed by atoms with Crippen molar-refractivity contribution >= 4 is 89.4 Å². The fourth-order valence-electron chi connectivity index (χ4n) is 6.85. The van der Waals surface area contributed by atoms with Gasteiger partial charge in [-0.1, -0.05) is 48.5 Å². The summed E-state index contributed by atoms with van der Waals surface area (Å²) < 4.78 is 0. The normalized spacial score (nSPS) is 14.1. The van der Waals surface area contributed by atoms with Crippen LogP contribution in [0.1, 0.15) is 42.5 Å². The van der Waals surface area contributed by atoms with Gasteiger partial charge in [0.2, 0.25) is 41.4 Å². The van der Waals surface area contributed by atoms with Crippen LogP contribution in [-0.4, -0.2) is 134 Å². The number of nitrogens with zero attached hydrogens (tertiary/aromatic N) is 2. The first-order chi connectivity index (χ1) is 32.5. The molecule has 7 atom stereocenters. The molecule has 23 nitrogen and oxygen atoms in total. The Kier molecular flexibility index (Phi) is 21.1. The number of amides is 7. The maximum absolute atomic E-state index is 14.5. The molecule has 68 heavy (non-hydrogen) atoms. The van der Waals surface area contributed by atoms with E-state index in [1.54, 1.807) is 42.6 Å². The van der Waals surface area contributed by atoms with E-state index in [0.29, 0.717) is 16.8 Å². The maximum atomic E-state index is 14.5. The molecule has 0 aliphatic carbocycles. The van der Waals surface area contributed by atoms with Gasteiger partial charge in [-0.15, -0.1) is 0 Å². The second kappa shape index (κ2) is 26.9. The number of para-hydroxylation sites is 1. The number of rotatable bonds is 28. The minimum Gasteiger partial charge on any atom is -0.481 e. The van der Waals surface area contributed by atoms with E-state index < -0.39 is 96.0 Å². The number of aromatic amines is 2. The number of carbonyl (C=O) groups excluding carboxylic acids is 7. The molecule has 0 aliphatic rings. The Bertz CT molecular complexity index is 2380. The zero-order chi connectivity index (χ0) is 49.8. The van der Waals surface area contributed by atoms with Gasteiger partial charge in [0.05, 0.1) is 12.4 Å². The number of carboxylic acid groups (broad SMARTS) is 1. The fraction of sp³-hybridized carbons (Fsp3) is 0.395. The van der Waals surface area contributed by atoms with Gasteiger partial charge >= 0.3 is 5.97 Å². The molecule has 0 unspecified atom stereocenters. The summed E-state index contributed by atoms with van der Waals surface area (Å²) in [5, 5.41) is 25.8. The summed E-state index contributed by atoms with van der Waals surface area (Å²) in [7, 11) is 0. The molecule has 2 aromatic carbocycles. The van der Waals surface area contributed by atoms with E-state index in [1.165, 1.54) is 12.5 Å². The monoisotopic (exact) mass is 978 g/mol. The minimum absolute atomic E-state index is 0.0527. The number of benzene rings is 2. The summed E-state index contributed by atoms with van der Waals surface area (Å²) in [6, 6.07) is 6.58. The quantitative estimate of drug-likeness (QED) is 0.0121. The Labute approximate surface area is 401 Å². The Morgan fingerprint density at radius 1 is 0.647 bits per heavy atom. The molecule has 4 aromatic rings. The van der Waals surface area contributed by atoms with Crippen LogP contribution in [0.2, 0.25) is 0 Å². The first-order valence-electron chi connectivity index (χ1n) is 21.4. The Morgan fingerprint density at radius 2 is 1.19 bits per heavy atom. The van der Waals surface area contributed by atoms with Gasteiger partial charge in [-0.25, -0.2) is 4.98 Å². The van der Waals surface area contributed by atoms with Gasteiger partial charge in [-0.2, -0.15) is 25.3 Å². The molecule has 0 aliphatic heterocycles. The van der Waals surface area contributed by atoms with Crippen molar-refractivity contribution in [2.75, 3.05) is 18.1 Å². The van der Waals surface area contributed by atoms with E-state index in [9.17, 15) is 43.5 Å². The van der Waals surface area contributed by atoms with E-state index in [-0.39, 0.29) is 62.5 Å². The number of hydrogen-bond acceptors (Lipinski definition) is 13. The number of thiol groups is 2. The van der Waals surface area contributed by atoms with Gasteiger partial charge in [0.15, 0.2) is 5.96 Å². The second-order valence-corrected chi connectivity index (χ2v) is 16.4. The number of H-pyrrole nitrogens is 2. The van der Waals surface area contributed by atoms with Crippen molar-refractivity contribution < 1.29 is 43.5 Å². The van der Waals surface area contributed by atoms with Crippen molar-refractivity contribution in [2.45, 2.75) is 87.2 Å². The smallest absolute Gasteiger partial charge is 0.303 e. The lowest BCUT2D eigenvalue weighted by Crippen LogP contribution is -2.60. The average molecular weight is 979 g/mol. The number of aliphatic carboxylic acids is 1. The van der Waals surface area contributed by atoms with Crippen LogP contribution in [0, 0.1) is 0 Å². The van der Waals surface area contributed by atoms with Gasteiger partial charge in [0.25, 0.3) is 0 Å². The number of nitrogens with one attached hydrogen (secondary N) is 8. The molecular weight excluding hydrogens is 921 g/mol. The molecule has 17 N–H and O–H groups in total. The molecule has 25 heteroatoms. The fourth-order valence-corrected chi connectivity index (χ4v) is 7.29. The van der Waals surface area contributed by atoms with Gasteiger partial charge in [-0.3, -0.25) is 43.3 Å². The van der Waals surface area contributed by atoms with Crippen molar-refractivity contribution in [3.05, 3.63) is 90.1 Å². The molecule has 366 valence electrons. The lowest BCUT2D eigenvalue weighted by Gasteiger charge is -2.27. The number of imidazole rings is 1. The molecular formula is C43H58N14O9S2. The van der Waals surface area contributed by atoms with Crippen LogP contribution < -0.4 is 54.8 Å². The molecule has 2 heterocycles. The molecule has 0 fully saturated rings. The number of carbonyl (C=O) groups is 8. The number of guanidine groups is 1.